The monoisotopic (exact) mass is 372 g/mol. The maximum absolute atomic E-state index is 11.9. The van der Waals surface area contributed by atoms with Crippen molar-refractivity contribution in [3.05, 3.63) is 0 Å². The Morgan fingerprint density at radius 2 is 1.04 bits per heavy atom. The number of carbonyl (C=O) groups is 1. The topological polar surface area (TPSA) is 55.8 Å². The largest absolute Gasteiger partial charge is 0.477 e. The lowest BCUT2D eigenvalue weighted by molar-refractivity contribution is -0.248. The average molecular weight is 373 g/mol. The van der Waals surface area contributed by atoms with Crippen molar-refractivity contribution in [2.45, 2.75) is 123 Å². The number of hydrogen-bond acceptors (Lipinski definition) is 3. The van der Waals surface area contributed by atoms with E-state index in [0.717, 1.165) is 38.5 Å². The van der Waals surface area contributed by atoms with Gasteiger partial charge in [0.25, 0.3) is 5.79 Å². The number of aliphatic carboxylic acids is 1. The second-order valence-corrected chi connectivity index (χ2v) is 7.39. The van der Waals surface area contributed by atoms with Crippen molar-refractivity contribution in [2.75, 3.05) is 13.2 Å². The molecule has 0 saturated carbocycles. The van der Waals surface area contributed by atoms with Gasteiger partial charge in [-0.3, -0.25) is 0 Å². The van der Waals surface area contributed by atoms with Crippen LogP contribution in [0.4, 0.5) is 0 Å². The molecular formula is C22H44O4. The zero-order valence-corrected chi connectivity index (χ0v) is 17.7. The molecule has 0 radical (unpaired) electrons. The molecule has 26 heavy (non-hydrogen) atoms. The zero-order valence-electron chi connectivity index (χ0n) is 17.7. The number of ether oxygens (including phenoxy) is 2. The predicted molar refractivity (Wildman–Crippen MR) is 109 cm³/mol. The van der Waals surface area contributed by atoms with Crippen LogP contribution in [0.1, 0.15) is 117 Å². The van der Waals surface area contributed by atoms with E-state index < -0.39 is 11.8 Å². The van der Waals surface area contributed by atoms with E-state index in [2.05, 4.69) is 20.8 Å². The summed E-state index contributed by atoms with van der Waals surface area (Å²) < 4.78 is 11.6. The summed E-state index contributed by atoms with van der Waals surface area (Å²) in [5.74, 6) is -2.41. The maximum Gasteiger partial charge on any atom is 0.364 e. The number of rotatable bonds is 20. The average Bonchev–Trinajstić information content (AvgIpc) is 2.63. The highest BCUT2D eigenvalue weighted by Gasteiger charge is 2.40. The van der Waals surface area contributed by atoms with E-state index in [1.807, 2.05) is 0 Å². The molecule has 4 nitrogen and oxygen atoms in total. The third-order valence-electron chi connectivity index (χ3n) is 4.85. The summed E-state index contributed by atoms with van der Waals surface area (Å²) in [5.41, 5.74) is 0. The van der Waals surface area contributed by atoms with E-state index >= 15 is 0 Å². The summed E-state index contributed by atoms with van der Waals surface area (Å²) in [6.45, 7) is 7.42. The van der Waals surface area contributed by atoms with Crippen LogP contribution in [0.5, 0.6) is 0 Å². The van der Waals surface area contributed by atoms with Gasteiger partial charge in [0, 0.05) is 6.42 Å². The number of carboxylic acids is 1. The first-order chi connectivity index (χ1) is 12.6. The molecule has 156 valence electrons. The van der Waals surface area contributed by atoms with E-state index in [0.29, 0.717) is 19.6 Å². The third-order valence-corrected chi connectivity index (χ3v) is 4.85. The maximum atomic E-state index is 11.9. The van der Waals surface area contributed by atoms with Gasteiger partial charge in [-0.1, -0.05) is 91.4 Å². The lowest BCUT2D eigenvalue weighted by Gasteiger charge is -2.30. The Balaban J connectivity index is 4.26. The van der Waals surface area contributed by atoms with E-state index in [1.54, 1.807) is 0 Å². The van der Waals surface area contributed by atoms with Gasteiger partial charge in [-0.2, -0.15) is 0 Å². The molecule has 0 rings (SSSR count). The summed E-state index contributed by atoms with van der Waals surface area (Å²) in [5, 5.41) is 9.75. The lowest BCUT2D eigenvalue weighted by atomic mass is 10.1. The normalized spacial score (nSPS) is 11.8. The molecule has 0 aromatic heterocycles. The van der Waals surface area contributed by atoms with Crippen molar-refractivity contribution >= 4 is 5.97 Å². The van der Waals surface area contributed by atoms with Gasteiger partial charge in [-0.25, -0.2) is 4.79 Å². The molecule has 1 N–H and O–H groups in total. The SMILES string of the molecule is CCCCCCCCOC(CCCC)(OCCCCCCCC)C(=O)O. The molecule has 0 spiro atoms. The predicted octanol–water partition coefficient (Wildman–Crippen LogP) is 6.71. The Labute approximate surface area is 162 Å². The Morgan fingerprint density at radius 1 is 0.654 bits per heavy atom. The van der Waals surface area contributed by atoms with Crippen LogP contribution >= 0.6 is 0 Å². The second kappa shape index (κ2) is 17.8. The minimum Gasteiger partial charge on any atom is -0.477 e. The quantitative estimate of drug-likeness (QED) is 0.190. The molecular weight excluding hydrogens is 328 g/mol. The molecule has 0 fully saturated rings. The lowest BCUT2D eigenvalue weighted by Crippen LogP contribution is -2.45. The van der Waals surface area contributed by atoms with Crippen LogP contribution in [-0.2, 0) is 14.3 Å². The molecule has 0 aliphatic heterocycles. The minimum absolute atomic E-state index is 0.435. The van der Waals surface area contributed by atoms with Crippen LogP contribution in [0.3, 0.4) is 0 Å². The minimum atomic E-state index is -1.44. The van der Waals surface area contributed by atoms with Gasteiger partial charge in [0.05, 0.1) is 13.2 Å². The molecule has 0 aliphatic carbocycles. The smallest absolute Gasteiger partial charge is 0.364 e. The van der Waals surface area contributed by atoms with E-state index in [9.17, 15) is 9.90 Å². The van der Waals surface area contributed by atoms with E-state index in [4.69, 9.17) is 9.47 Å². The first-order valence-corrected chi connectivity index (χ1v) is 11.1. The molecule has 4 heteroatoms. The summed E-state index contributed by atoms with van der Waals surface area (Å²) >= 11 is 0. The Kier molecular flexibility index (Phi) is 17.4. The Bertz CT molecular complexity index is 299. The summed E-state index contributed by atoms with van der Waals surface area (Å²) in [6, 6.07) is 0. The zero-order chi connectivity index (χ0) is 19.5. The van der Waals surface area contributed by atoms with Crippen molar-refractivity contribution in [3.8, 4) is 0 Å². The van der Waals surface area contributed by atoms with Crippen LogP contribution in [0, 0.1) is 0 Å². The van der Waals surface area contributed by atoms with E-state index in [1.165, 1.54) is 51.4 Å². The van der Waals surface area contributed by atoms with Crippen LogP contribution < -0.4 is 0 Å². The standard InChI is InChI=1S/C22H44O4/c1-4-7-10-12-14-16-19-25-22(21(23)24,18-9-6-3)26-20-17-15-13-11-8-5-2/h4-20H2,1-3H3,(H,23,24). The summed E-state index contributed by atoms with van der Waals surface area (Å²) in [7, 11) is 0. The van der Waals surface area contributed by atoms with Gasteiger partial charge in [0.2, 0.25) is 0 Å². The van der Waals surface area contributed by atoms with Crippen molar-refractivity contribution in [2.24, 2.45) is 0 Å². The summed E-state index contributed by atoms with van der Waals surface area (Å²) in [6.07, 6.45) is 16.1. The van der Waals surface area contributed by atoms with Crippen LogP contribution in [0.15, 0.2) is 0 Å². The highest BCUT2D eigenvalue weighted by Crippen LogP contribution is 2.23. The molecule has 0 aromatic carbocycles. The fourth-order valence-electron chi connectivity index (χ4n) is 3.06. The molecule has 0 atom stereocenters. The van der Waals surface area contributed by atoms with Gasteiger partial charge < -0.3 is 14.6 Å². The van der Waals surface area contributed by atoms with Crippen LogP contribution in [-0.4, -0.2) is 30.1 Å². The highest BCUT2D eigenvalue weighted by atomic mass is 16.7. The molecule has 0 heterocycles. The highest BCUT2D eigenvalue weighted by molar-refractivity contribution is 5.75. The van der Waals surface area contributed by atoms with Gasteiger partial charge >= 0.3 is 5.97 Å². The molecule has 0 bridgehead atoms. The van der Waals surface area contributed by atoms with Crippen molar-refractivity contribution in [1.29, 1.82) is 0 Å². The molecule has 0 amide bonds. The second-order valence-electron chi connectivity index (χ2n) is 7.39. The number of unbranched alkanes of at least 4 members (excludes halogenated alkanes) is 11. The molecule has 0 aromatic rings. The Hall–Kier alpha value is -0.610. The van der Waals surface area contributed by atoms with Crippen LogP contribution in [0.2, 0.25) is 0 Å². The Morgan fingerprint density at radius 3 is 1.42 bits per heavy atom. The van der Waals surface area contributed by atoms with Gasteiger partial charge in [-0.15, -0.1) is 0 Å². The van der Waals surface area contributed by atoms with Crippen molar-refractivity contribution in [1.82, 2.24) is 0 Å². The van der Waals surface area contributed by atoms with Crippen LogP contribution in [0.25, 0.3) is 0 Å². The van der Waals surface area contributed by atoms with Gasteiger partial charge in [0.15, 0.2) is 0 Å². The van der Waals surface area contributed by atoms with Crippen molar-refractivity contribution in [3.63, 3.8) is 0 Å². The first-order valence-electron chi connectivity index (χ1n) is 11.1. The molecule has 0 unspecified atom stereocenters. The van der Waals surface area contributed by atoms with E-state index in [-0.39, 0.29) is 0 Å². The summed E-state index contributed by atoms with van der Waals surface area (Å²) in [4.78, 5) is 11.9. The number of carboxylic acid groups (broad SMARTS) is 1. The fraction of sp³-hybridized carbons (Fsp3) is 0.955. The molecule has 0 saturated heterocycles. The van der Waals surface area contributed by atoms with Crippen molar-refractivity contribution < 1.29 is 19.4 Å². The molecule has 0 aliphatic rings. The third kappa shape index (κ3) is 12.7. The van der Waals surface area contributed by atoms with Gasteiger partial charge in [-0.05, 0) is 19.3 Å². The number of hydrogen-bond donors (Lipinski definition) is 1. The van der Waals surface area contributed by atoms with Gasteiger partial charge in [0.1, 0.15) is 0 Å². The fourth-order valence-corrected chi connectivity index (χ4v) is 3.06. The first kappa shape index (κ1) is 25.4.